The van der Waals surface area contributed by atoms with E-state index >= 15 is 0 Å². The zero-order valence-electron chi connectivity index (χ0n) is 6.36. The van der Waals surface area contributed by atoms with Gasteiger partial charge >= 0.3 is 0 Å². The maximum atomic E-state index is 5.21. The van der Waals surface area contributed by atoms with Gasteiger partial charge in [-0.15, -0.1) is 0 Å². The van der Waals surface area contributed by atoms with E-state index in [2.05, 4.69) is 15.4 Å². The Morgan fingerprint density at radius 2 is 2.08 bits per heavy atom. The number of hydrogen-bond donors (Lipinski definition) is 2. The van der Waals surface area contributed by atoms with Gasteiger partial charge in [0.2, 0.25) is 0 Å². The summed E-state index contributed by atoms with van der Waals surface area (Å²) in [6.07, 6.45) is 1.74. The quantitative estimate of drug-likeness (QED) is 0.481. The average Bonchev–Trinajstić information content (AvgIpc) is 2.17. The predicted molar refractivity (Wildman–Crippen MR) is 47.3 cm³/mol. The second-order valence-electron chi connectivity index (χ2n) is 2.38. The minimum absolute atomic E-state index is 0.649. The summed E-state index contributed by atoms with van der Waals surface area (Å²) in [5.74, 6) is 5.86. The highest BCUT2D eigenvalue weighted by Crippen LogP contribution is 2.10. The summed E-state index contributed by atoms with van der Waals surface area (Å²) in [5.41, 5.74) is 4.19. The van der Waals surface area contributed by atoms with Crippen LogP contribution in [-0.2, 0) is 0 Å². The van der Waals surface area contributed by atoms with Crippen LogP contribution in [0.1, 0.15) is 0 Å². The van der Waals surface area contributed by atoms with Crippen LogP contribution in [0.25, 0.3) is 11.0 Å². The zero-order valence-corrected chi connectivity index (χ0v) is 6.36. The average molecular weight is 160 g/mol. The van der Waals surface area contributed by atoms with Gasteiger partial charge in [-0.3, -0.25) is 4.98 Å². The van der Waals surface area contributed by atoms with Crippen LogP contribution < -0.4 is 11.3 Å². The fraction of sp³-hybridized carbons (Fsp3) is 0. The molecule has 4 heteroatoms. The van der Waals surface area contributed by atoms with Gasteiger partial charge in [-0.25, -0.2) is 10.8 Å². The van der Waals surface area contributed by atoms with Crippen molar-refractivity contribution in [1.29, 1.82) is 0 Å². The van der Waals surface area contributed by atoms with Gasteiger partial charge in [0.15, 0.2) is 0 Å². The molecule has 0 radical (unpaired) electrons. The lowest BCUT2D eigenvalue weighted by atomic mass is 10.3. The van der Waals surface area contributed by atoms with Crippen molar-refractivity contribution < 1.29 is 0 Å². The lowest BCUT2D eigenvalue weighted by Gasteiger charge is -1.99. The first-order valence-electron chi connectivity index (χ1n) is 3.58. The summed E-state index contributed by atoms with van der Waals surface area (Å²) in [4.78, 5) is 8.32. The predicted octanol–water partition coefficient (Wildman–Crippen LogP) is 0.915. The number of nitrogens with two attached hydrogens (primary N) is 1. The maximum absolute atomic E-state index is 5.21. The van der Waals surface area contributed by atoms with E-state index in [1.54, 1.807) is 12.3 Å². The van der Waals surface area contributed by atoms with Crippen LogP contribution in [0.15, 0.2) is 30.5 Å². The Hall–Kier alpha value is -1.68. The molecule has 3 N–H and O–H groups in total. The topological polar surface area (TPSA) is 63.8 Å². The van der Waals surface area contributed by atoms with E-state index in [4.69, 9.17) is 5.84 Å². The Bertz CT molecular complexity index is 399. The minimum Gasteiger partial charge on any atom is -0.308 e. The van der Waals surface area contributed by atoms with Crippen LogP contribution >= 0.6 is 0 Å². The van der Waals surface area contributed by atoms with Crippen LogP contribution in [0.5, 0.6) is 0 Å². The van der Waals surface area contributed by atoms with E-state index in [0.29, 0.717) is 5.82 Å². The van der Waals surface area contributed by atoms with Gasteiger partial charge in [-0.1, -0.05) is 0 Å². The number of nitrogens with one attached hydrogen (secondary N) is 1. The first-order valence-corrected chi connectivity index (χ1v) is 3.58. The number of rotatable bonds is 1. The molecule has 0 bridgehead atoms. The number of aromatic nitrogens is 2. The third-order valence-corrected chi connectivity index (χ3v) is 1.60. The van der Waals surface area contributed by atoms with Crippen molar-refractivity contribution in [3.05, 3.63) is 30.5 Å². The van der Waals surface area contributed by atoms with Crippen molar-refractivity contribution in [3.63, 3.8) is 0 Å². The summed E-state index contributed by atoms with van der Waals surface area (Å²) < 4.78 is 0. The normalized spacial score (nSPS) is 10.1. The van der Waals surface area contributed by atoms with Crippen molar-refractivity contribution in [1.82, 2.24) is 9.97 Å². The van der Waals surface area contributed by atoms with E-state index in [0.717, 1.165) is 11.0 Å². The molecular weight excluding hydrogens is 152 g/mol. The molecule has 2 heterocycles. The number of fused-ring (bicyclic) bond motifs is 1. The molecule has 2 aromatic heterocycles. The summed E-state index contributed by atoms with van der Waals surface area (Å²) in [5, 5.41) is 0. The SMILES string of the molecule is NNc1ccc2ncccc2n1. The molecule has 0 aliphatic heterocycles. The van der Waals surface area contributed by atoms with Crippen molar-refractivity contribution >= 4 is 16.9 Å². The number of anilines is 1. The smallest absolute Gasteiger partial charge is 0.140 e. The van der Waals surface area contributed by atoms with Gasteiger partial charge in [-0.05, 0) is 24.3 Å². The summed E-state index contributed by atoms with van der Waals surface area (Å²) in [6, 6.07) is 7.39. The lowest BCUT2D eigenvalue weighted by molar-refractivity contribution is 1.25. The van der Waals surface area contributed by atoms with Gasteiger partial charge < -0.3 is 5.43 Å². The molecule has 0 aromatic carbocycles. The molecule has 60 valence electrons. The van der Waals surface area contributed by atoms with Gasteiger partial charge in [0.05, 0.1) is 11.0 Å². The van der Waals surface area contributed by atoms with E-state index in [1.165, 1.54) is 0 Å². The van der Waals surface area contributed by atoms with Crippen LogP contribution in [-0.4, -0.2) is 9.97 Å². The maximum Gasteiger partial charge on any atom is 0.140 e. The molecule has 0 aliphatic carbocycles. The molecule has 0 unspecified atom stereocenters. The summed E-state index contributed by atoms with van der Waals surface area (Å²) in [6.45, 7) is 0. The van der Waals surface area contributed by atoms with Gasteiger partial charge in [-0.2, -0.15) is 0 Å². The second kappa shape index (κ2) is 2.75. The second-order valence-corrected chi connectivity index (χ2v) is 2.38. The highest BCUT2D eigenvalue weighted by atomic mass is 15.2. The largest absolute Gasteiger partial charge is 0.308 e. The number of nitrogen functional groups attached to an aromatic ring is 1. The summed E-state index contributed by atoms with van der Waals surface area (Å²) in [7, 11) is 0. The number of hydrogen-bond acceptors (Lipinski definition) is 4. The Balaban J connectivity index is 2.67. The molecule has 0 spiro atoms. The standard InChI is InChI=1S/C8H8N4/c9-12-8-4-3-6-7(11-8)2-1-5-10-6/h1-5H,9H2,(H,11,12). The Morgan fingerprint density at radius 1 is 1.17 bits per heavy atom. The third kappa shape index (κ3) is 1.08. The van der Waals surface area contributed by atoms with Gasteiger partial charge in [0, 0.05) is 6.20 Å². The number of nitrogens with zero attached hydrogens (tertiary/aromatic N) is 2. The number of pyridine rings is 2. The molecule has 0 saturated carbocycles. The van der Waals surface area contributed by atoms with Gasteiger partial charge in [0.1, 0.15) is 5.82 Å². The third-order valence-electron chi connectivity index (χ3n) is 1.60. The van der Waals surface area contributed by atoms with Crippen molar-refractivity contribution in [2.75, 3.05) is 5.43 Å². The Kier molecular flexibility index (Phi) is 1.60. The first kappa shape index (κ1) is 7.00. The van der Waals surface area contributed by atoms with Crippen LogP contribution in [0, 0.1) is 0 Å². The van der Waals surface area contributed by atoms with Crippen molar-refractivity contribution in [3.8, 4) is 0 Å². The monoisotopic (exact) mass is 160 g/mol. The lowest BCUT2D eigenvalue weighted by Crippen LogP contribution is -2.08. The molecule has 0 saturated heterocycles. The molecule has 2 aromatic rings. The molecule has 0 aliphatic rings. The highest BCUT2D eigenvalue weighted by Gasteiger charge is 1.94. The van der Waals surface area contributed by atoms with Crippen LogP contribution in [0.2, 0.25) is 0 Å². The molecule has 2 rings (SSSR count). The molecule has 0 atom stereocenters. The van der Waals surface area contributed by atoms with Crippen molar-refractivity contribution in [2.45, 2.75) is 0 Å². The van der Waals surface area contributed by atoms with E-state index in [9.17, 15) is 0 Å². The molecule has 0 fully saturated rings. The van der Waals surface area contributed by atoms with E-state index < -0.39 is 0 Å². The van der Waals surface area contributed by atoms with Crippen molar-refractivity contribution in [2.24, 2.45) is 5.84 Å². The number of hydrazine groups is 1. The van der Waals surface area contributed by atoms with Crippen LogP contribution in [0.4, 0.5) is 5.82 Å². The van der Waals surface area contributed by atoms with E-state index in [-0.39, 0.29) is 0 Å². The Labute approximate surface area is 69.4 Å². The minimum atomic E-state index is 0.649. The van der Waals surface area contributed by atoms with E-state index in [1.807, 2.05) is 18.2 Å². The first-order chi connectivity index (χ1) is 5.90. The molecular formula is C8H8N4. The molecule has 12 heavy (non-hydrogen) atoms. The van der Waals surface area contributed by atoms with Gasteiger partial charge in [0.25, 0.3) is 0 Å². The molecule has 4 nitrogen and oxygen atoms in total. The van der Waals surface area contributed by atoms with Crippen LogP contribution in [0.3, 0.4) is 0 Å². The Morgan fingerprint density at radius 3 is 2.92 bits per heavy atom. The zero-order chi connectivity index (χ0) is 8.39. The molecule has 0 amide bonds. The fourth-order valence-electron chi connectivity index (χ4n) is 1.04. The fourth-order valence-corrected chi connectivity index (χ4v) is 1.04. The highest BCUT2D eigenvalue weighted by molar-refractivity contribution is 5.75. The summed E-state index contributed by atoms with van der Waals surface area (Å²) >= 11 is 0.